The van der Waals surface area contributed by atoms with Crippen LogP contribution < -0.4 is 0 Å². The van der Waals surface area contributed by atoms with Crippen LogP contribution in [0.1, 0.15) is 16.7 Å². The second-order valence-corrected chi connectivity index (χ2v) is 8.89. The minimum absolute atomic E-state index is 0.00867. The lowest BCUT2D eigenvalue weighted by Crippen LogP contribution is -2.11. The minimum Gasteiger partial charge on any atom is -0.229 e. The minimum atomic E-state index is -5.02. The number of aromatic nitrogens is 5. The zero-order chi connectivity index (χ0) is 25.6. The lowest BCUT2D eigenvalue weighted by molar-refractivity contribution is -0.143. The Kier molecular flexibility index (Phi) is 6.29. The van der Waals surface area contributed by atoms with Crippen molar-refractivity contribution < 1.29 is 39.5 Å². The first-order valence-electron chi connectivity index (χ1n) is 9.11. The molecule has 0 fully saturated rings. The van der Waals surface area contributed by atoms with E-state index >= 15 is 0 Å². The third-order valence-corrected chi connectivity index (χ3v) is 6.28. The smallest absolute Gasteiger partial charge is 0.229 e. The summed E-state index contributed by atoms with van der Waals surface area (Å²) in [7, 11) is 0. The van der Waals surface area contributed by atoms with E-state index in [0.29, 0.717) is 12.1 Å². The Bertz CT molecular complexity index is 1320. The fraction of sp³-hybridized carbons (Fsp3) is 0.158. The van der Waals surface area contributed by atoms with E-state index in [9.17, 15) is 39.5 Å². The van der Waals surface area contributed by atoms with E-state index in [0.717, 1.165) is 46.0 Å². The van der Waals surface area contributed by atoms with Gasteiger partial charge in [0.2, 0.25) is 5.16 Å². The Labute approximate surface area is 197 Å². The number of halogens is 9. The second-order valence-electron chi connectivity index (χ2n) is 6.82. The fourth-order valence-electron chi connectivity index (χ4n) is 2.84. The second kappa shape index (κ2) is 8.82. The van der Waals surface area contributed by atoms with E-state index in [4.69, 9.17) is 0 Å². The summed E-state index contributed by atoms with van der Waals surface area (Å²) < 4.78 is 119. The van der Waals surface area contributed by atoms with Gasteiger partial charge >= 0.3 is 18.5 Å². The molecule has 16 heteroatoms. The largest absolute Gasteiger partial charge is 0.416 e. The third-order valence-electron chi connectivity index (χ3n) is 4.40. The number of rotatable bonds is 4. The van der Waals surface area contributed by atoms with Crippen molar-refractivity contribution in [2.75, 3.05) is 0 Å². The van der Waals surface area contributed by atoms with Crippen LogP contribution in [0, 0.1) is 0 Å². The molecule has 35 heavy (non-hydrogen) atoms. The summed E-state index contributed by atoms with van der Waals surface area (Å²) in [6.07, 6.45) is -14.6. The molecule has 0 saturated heterocycles. The quantitative estimate of drug-likeness (QED) is 0.261. The van der Waals surface area contributed by atoms with Gasteiger partial charge in [-0.15, -0.1) is 16.4 Å². The van der Waals surface area contributed by atoms with E-state index in [1.807, 2.05) is 0 Å². The summed E-state index contributed by atoms with van der Waals surface area (Å²) in [4.78, 5) is 4.05. The van der Waals surface area contributed by atoms with Crippen molar-refractivity contribution in [2.45, 2.75) is 28.0 Å². The van der Waals surface area contributed by atoms with Crippen LogP contribution in [0.5, 0.6) is 0 Å². The number of thiazole rings is 1. The maximum Gasteiger partial charge on any atom is 0.416 e. The van der Waals surface area contributed by atoms with E-state index in [-0.39, 0.29) is 26.9 Å². The van der Waals surface area contributed by atoms with Gasteiger partial charge in [-0.3, -0.25) is 0 Å². The third kappa shape index (κ3) is 5.58. The molecule has 0 unspecified atom stereocenters. The van der Waals surface area contributed by atoms with Gasteiger partial charge in [0.15, 0.2) is 4.34 Å². The van der Waals surface area contributed by atoms with Crippen LogP contribution >= 0.6 is 23.1 Å². The van der Waals surface area contributed by atoms with Crippen LogP contribution in [0.3, 0.4) is 0 Å². The summed E-state index contributed by atoms with van der Waals surface area (Å²) in [6, 6.07) is 5.25. The maximum absolute atomic E-state index is 13.1. The molecule has 0 N–H and O–H groups in total. The van der Waals surface area contributed by atoms with Gasteiger partial charge in [0.05, 0.1) is 28.1 Å². The zero-order valence-corrected chi connectivity index (χ0v) is 18.2. The van der Waals surface area contributed by atoms with Gasteiger partial charge in [0, 0.05) is 10.9 Å². The first-order chi connectivity index (χ1) is 16.2. The number of nitrogens with zero attached hydrogens (tertiary/aromatic N) is 5. The number of hydrogen-bond acceptors (Lipinski definition) is 6. The summed E-state index contributed by atoms with van der Waals surface area (Å²) in [5.41, 5.74) is -4.50. The molecule has 5 nitrogen and oxygen atoms in total. The monoisotopic (exact) mass is 541 g/mol. The van der Waals surface area contributed by atoms with Crippen molar-refractivity contribution in [3.8, 4) is 16.9 Å². The summed E-state index contributed by atoms with van der Waals surface area (Å²) in [6.45, 7) is 0. The standard InChI is InChI=1S/C19H8F9N5S2/c20-17(21,22)10-2-1-3-13(7-10)33-15(30-31-32-33)35-16-29-14(8-34-16)9-4-11(18(23,24)25)6-12(5-9)19(26,27)28/h1-8H. The number of tetrazole rings is 1. The predicted molar refractivity (Wildman–Crippen MR) is 106 cm³/mol. The highest BCUT2D eigenvalue weighted by atomic mass is 32.2. The number of hydrogen-bond donors (Lipinski definition) is 0. The van der Waals surface area contributed by atoms with Crippen LogP contribution in [0.2, 0.25) is 0 Å². The van der Waals surface area contributed by atoms with Crippen molar-refractivity contribution in [3.05, 3.63) is 64.5 Å². The summed E-state index contributed by atoms with van der Waals surface area (Å²) in [5, 5.41) is 12.0. The molecule has 2 aromatic heterocycles. The average Bonchev–Trinajstić information content (AvgIpc) is 3.42. The first kappa shape index (κ1) is 25.0. The van der Waals surface area contributed by atoms with Crippen LogP contribution in [0.15, 0.2) is 57.3 Å². The lowest BCUT2D eigenvalue weighted by Gasteiger charge is -2.13. The fourth-order valence-corrected chi connectivity index (χ4v) is 4.55. The normalized spacial score (nSPS) is 12.8. The zero-order valence-electron chi connectivity index (χ0n) is 16.6. The Balaban J connectivity index is 1.66. The maximum atomic E-state index is 13.1. The van der Waals surface area contributed by atoms with Crippen molar-refractivity contribution >= 4 is 23.1 Å². The molecule has 4 aromatic rings. The summed E-state index contributed by atoms with van der Waals surface area (Å²) >= 11 is 1.65. The van der Waals surface area contributed by atoms with Gasteiger partial charge < -0.3 is 0 Å². The molecule has 184 valence electrons. The Morgan fingerprint density at radius 1 is 0.771 bits per heavy atom. The molecule has 0 saturated carbocycles. The lowest BCUT2D eigenvalue weighted by atomic mass is 10.0. The molecule has 0 atom stereocenters. The number of alkyl halides is 9. The Morgan fingerprint density at radius 3 is 2.00 bits per heavy atom. The molecule has 0 amide bonds. The highest BCUT2D eigenvalue weighted by molar-refractivity contribution is 8.00. The van der Waals surface area contributed by atoms with Crippen LogP contribution in [0.25, 0.3) is 16.9 Å². The average molecular weight is 541 g/mol. The van der Waals surface area contributed by atoms with Gasteiger partial charge in [-0.25, -0.2) is 4.98 Å². The molecular formula is C19H8F9N5S2. The topological polar surface area (TPSA) is 56.5 Å². The molecular weight excluding hydrogens is 533 g/mol. The van der Waals surface area contributed by atoms with Gasteiger partial charge in [-0.05, 0) is 58.6 Å². The highest BCUT2D eigenvalue weighted by Gasteiger charge is 2.37. The van der Waals surface area contributed by atoms with Crippen molar-refractivity contribution in [2.24, 2.45) is 0 Å². The molecule has 0 spiro atoms. The predicted octanol–water partition coefficient (Wildman–Crippen LogP) is 6.99. The molecule has 4 rings (SSSR count). The summed E-state index contributed by atoms with van der Waals surface area (Å²) in [5.74, 6) is 0. The molecule has 0 radical (unpaired) electrons. The molecule has 2 heterocycles. The van der Waals surface area contributed by atoms with Gasteiger partial charge in [-0.1, -0.05) is 6.07 Å². The molecule has 0 bridgehead atoms. The van der Waals surface area contributed by atoms with Crippen LogP contribution in [-0.2, 0) is 18.5 Å². The van der Waals surface area contributed by atoms with Crippen LogP contribution in [-0.4, -0.2) is 25.2 Å². The SMILES string of the molecule is FC(F)(F)c1cccc(-n2nnnc2Sc2nc(-c3cc(C(F)(F)F)cc(C(F)(F)F)c3)cs2)c1. The highest BCUT2D eigenvalue weighted by Crippen LogP contribution is 2.40. The van der Waals surface area contributed by atoms with E-state index in [1.54, 1.807) is 0 Å². The van der Waals surface area contributed by atoms with E-state index in [1.165, 1.54) is 11.4 Å². The molecule has 0 aliphatic rings. The Morgan fingerprint density at radius 2 is 1.40 bits per heavy atom. The van der Waals surface area contributed by atoms with Gasteiger partial charge in [0.25, 0.3) is 0 Å². The van der Waals surface area contributed by atoms with Crippen molar-refractivity contribution in [1.29, 1.82) is 0 Å². The molecule has 0 aliphatic heterocycles. The number of benzene rings is 2. The molecule has 0 aliphatic carbocycles. The van der Waals surface area contributed by atoms with E-state index < -0.39 is 40.8 Å². The van der Waals surface area contributed by atoms with E-state index in [2.05, 4.69) is 20.5 Å². The van der Waals surface area contributed by atoms with Crippen molar-refractivity contribution in [1.82, 2.24) is 25.2 Å². The van der Waals surface area contributed by atoms with Gasteiger partial charge in [0.1, 0.15) is 0 Å². The van der Waals surface area contributed by atoms with Crippen molar-refractivity contribution in [3.63, 3.8) is 0 Å². The molecule has 2 aromatic carbocycles. The van der Waals surface area contributed by atoms with Crippen LogP contribution in [0.4, 0.5) is 39.5 Å². The first-order valence-corrected chi connectivity index (χ1v) is 10.8. The Hall–Kier alpha value is -3.14. The van der Waals surface area contributed by atoms with Gasteiger partial charge in [-0.2, -0.15) is 44.2 Å².